The standard InChI is InChI=1S/C10H16FN5O/c1-4-13-10-14-5-7(11)9(15-10)16(3)6-8(17)12-2/h5H,4,6H2,1-3H3,(H,12,17)(H,13,14,15). The second-order valence-electron chi connectivity index (χ2n) is 3.42. The average molecular weight is 241 g/mol. The molecule has 0 aromatic carbocycles. The Labute approximate surface area is 99.2 Å². The molecule has 1 heterocycles. The highest BCUT2D eigenvalue weighted by atomic mass is 19.1. The van der Waals surface area contributed by atoms with Crippen LogP contribution in [0.2, 0.25) is 0 Å². The quantitative estimate of drug-likeness (QED) is 0.772. The predicted molar refractivity (Wildman–Crippen MR) is 63.5 cm³/mol. The summed E-state index contributed by atoms with van der Waals surface area (Å²) in [6.07, 6.45) is 1.08. The summed E-state index contributed by atoms with van der Waals surface area (Å²) in [5, 5.41) is 5.34. The third kappa shape index (κ3) is 3.54. The van der Waals surface area contributed by atoms with Gasteiger partial charge in [-0.15, -0.1) is 0 Å². The number of rotatable bonds is 5. The number of anilines is 2. The summed E-state index contributed by atoms with van der Waals surface area (Å²) in [5.74, 6) is -0.333. The van der Waals surface area contributed by atoms with Crippen LogP contribution in [0.15, 0.2) is 6.20 Å². The second kappa shape index (κ2) is 5.97. The Balaban J connectivity index is 2.87. The molecule has 1 amide bonds. The first-order valence-electron chi connectivity index (χ1n) is 5.26. The zero-order valence-corrected chi connectivity index (χ0v) is 10.1. The lowest BCUT2D eigenvalue weighted by atomic mass is 10.4. The number of carbonyl (C=O) groups is 1. The number of aromatic nitrogens is 2. The van der Waals surface area contributed by atoms with Gasteiger partial charge in [-0.1, -0.05) is 0 Å². The highest BCUT2D eigenvalue weighted by Gasteiger charge is 2.13. The number of hydrogen-bond acceptors (Lipinski definition) is 5. The Kier molecular flexibility index (Phi) is 4.62. The molecule has 0 aliphatic rings. The van der Waals surface area contributed by atoms with Crippen molar-refractivity contribution in [1.82, 2.24) is 15.3 Å². The molecule has 0 bridgehead atoms. The molecule has 0 saturated carbocycles. The van der Waals surface area contributed by atoms with E-state index in [-0.39, 0.29) is 18.3 Å². The lowest BCUT2D eigenvalue weighted by molar-refractivity contribution is -0.119. The van der Waals surface area contributed by atoms with Gasteiger partial charge in [0.1, 0.15) is 0 Å². The minimum absolute atomic E-state index is 0.0377. The minimum Gasteiger partial charge on any atom is -0.358 e. The molecular weight excluding hydrogens is 225 g/mol. The van der Waals surface area contributed by atoms with Gasteiger partial charge in [0.2, 0.25) is 11.9 Å². The molecule has 0 saturated heterocycles. The Morgan fingerprint density at radius 3 is 2.88 bits per heavy atom. The zero-order chi connectivity index (χ0) is 12.8. The first-order chi connectivity index (χ1) is 8.08. The number of hydrogen-bond donors (Lipinski definition) is 2. The van der Waals surface area contributed by atoms with Crippen molar-refractivity contribution in [2.45, 2.75) is 6.92 Å². The van der Waals surface area contributed by atoms with Crippen molar-refractivity contribution in [2.75, 3.05) is 37.4 Å². The summed E-state index contributed by atoms with van der Waals surface area (Å²) in [6.45, 7) is 2.57. The molecule has 0 aliphatic carbocycles. The largest absolute Gasteiger partial charge is 0.358 e. The summed E-state index contributed by atoms with van der Waals surface area (Å²) in [6, 6.07) is 0. The first-order valence-corrected chi connectivity index (χ1v) is 5.26. The zero-order valence-electron chi connectivity index (χ0n) is 10.1. The van der Waals surface area contributed by atoms with E-state index in [2.05, 4.69) is 20.6 Å². The highest BCUT2D eigenvalue weighted by molar-refractivity contribution is 5.80. The lowest BCUT2D eigenvalue weighted by Gasteiger charge is -2.18. The Hall–Kier alpha value is -1.92. The van der Waals surface area contributed by atoms with Crippen LogP contribution in [-0.4, -0.2) is 43.1 Å². The van der Waals surface area contributed by atoms with Gasteiger partial charge in [0, 0.05) is 20.6 Å². The molecule has 94 valence electrons. The van der Waals surface area contributed by atoms with Gasteiger partial charge in [-0.2, -0.15) is 4.98 Å². The summed E-state index contributed by atoms with van der Waals surface area (Å²) in [4.78, 5) is 20.4. The van der Waals surface area contributed by atoms with E-state index in [1.165, 1.54) is 11.9 Å². The molecule has 2 N–H and O–H groups in total. The van der Waals surface area contributed by atoms with Crippen molar-refractivity contribution in [3.63, 3.8) is 0 Å². The van der Waals surface area contributed by atoms with E-state index in [9.17, 15) is 9.18 Å². The van der Waals surface area contributed by atoms with E-state index >= 15 is 0 Å². The van der Waals surface area contributed by atoms with Crippen LogP contribution in [0.1, 0.15) is 6.92 Å². The molecule has 0 radical (unpaired) electrons. The van der Waals surface area contributed by atoms with Crippen LogP contribution in [0.3, 0.4) is 0 Å². The number of amides is 1. The van der Waals surface area contributed by atoms with Crippen molar-refractivity contribution >= 4 is 17.7 Å². The lowest BCUT2D eigenvalue weighted by Crippen LogP contribution is -2.34. The summed E-state index contributed by atoms with van der Waals surface area (Å²) >= 11 is 0. The third-order valence-electron chi connectivity index (χ3n) is 2.08. The number of likely N-dealkylation sites (N-methyl/N-ethyl adjacent to an activating group) is 2. The van der Waals surface area contributed by atoms with Crippen molar-refractivity contribution in [1.29, 1.82) is 0 Å². The van der Waals surface area contributed by atoms with E-state index in [1.807, 2.05) is 6.92 Å². The monoisotopic (exact) mass is 241 g/mol. The van der Waals surface area contributed by atoms with Gasteiger partial charge in [-0.05, 0) is 6.92 Å². The van der Waals surface area contributed by atoms with Gasteiger partial charge in [-0.3, -0.25) is 4.79 Å². The molecule has 0 aliphatic heterocycles. The molecule has 1 rings (SSSR count). The van der Waals surface area contributed by atoms with Gasteiger partial charge < -0.3 is 15.5 Å². The second-order valence-corrected chi connectivity index (χ2v) is 3.42. The van der Waals surface area contributed by atoms with Crippen LogP contribution in [0.4, 0.5) is 16.2 Å². The molecule has 0 fully saturated rings. The van der Waals surface area contributed by atoms with Crippen molar-refractivity contribution in [3.8, 4) is 0 Å². The molecule has 1 aromatic heterocycles. The van der Waals surface area contributed by atoms with E-state index in [4.69, 9.17) is 0 Å². The molecule has 0 atom stereocenters. The number of carbonyl (C=O) groups excluding carboxylic acids is 1. The Bertz CT molecular complexity index is 398. The van der Waals surface area contributed by atoms with Crippen molar-refractivity contribution in [2.24, 2.45) is 0 Å². The maximum absolute atomic E-state index is 13.5. The molecule has 0 spiro atoms. The number of nitrogens with one attached hydrogen (secondary N) is 2. The molecule has 1 aromatic rings. The fourth-order valence-corrected chi connectivity index (χ4v) is 1.24. The van der Waals surface area contributed by atoms with E-state index in [0.29, 0.717) is 12.5 Å². The van der Waals surface area contributed by atoms with E-state index in [1.54, 1.807) is 7.05 Å². The van der Waals surface area contributed by atoms with Crippen LogP contribution in [-0.2, 0) is 4.79 Å². The topological polar surface area (TPSA) is 70.2 Å². The van der Waals surface area contributed by atoms with E-state index < -0.39 is 5.82 Å². The van der Waals surface area contributed by atoms with Gasteiger partial charge >= 0.3 is 0 Å². The predicted octanol–water partition coefficient (Wildman–Crippen LogP) is 0.230. The molecule has 17 heavy (non-hydrogen) atoms. The van der Waals surface area contributed by atoms with Gasteiger partial charge in [0.25, 0.3) is 0 Å². The van der Waals surface area contributed by atoms with Crippen LogP contribution < -0.4 is 15.5 Å². The summed E-state index contributed by atoms with van der Waals surface area (Å²) < 4.78 is 13.5. The third-order valence-corrected chi connectivity index (χ3v) is 2.08. The summed E-state index contributed by atoms with van der Waals surface area (Å²) in [7, 11) is 3.12. The molecule has 7 heteroatoms. The van der Waals surface area contributed by atoms with Crippen LogP contribution in [0, 0.1) is 5.82 Å². The SMILES string of the molecule is CCNc1ncc(F)c(N(C)CC(=O)NC)n1. The molecule has 0 unspecified atom stereocenters. The average Bonchev–Trinajstić information content (AvgIpc) is 2.31. The molecular formula is C10H16FN5O. The van der Waals surface area contributed by atoms with Crippen LogP contribution >= 0.6 is 0 Å². The fourth-order valence-electron chi connectivity index (χ4n) is 1.24. The smallest absolute Gasteiger partial charge is 0.239 e. The highest BCUT2D eigenvalue weighted by Crippen LogP contribution is 2.15. The number of halogens is 1. The fraction of sp³-hybridized carbons (Fsp3) is 0.500. The molecule has 6 nitrogen and oxygen atoms in total. The van der Waals surface area contributed by atoms with Crippen LogP contribution in [0.25, 0.3) is 0 Å². The van der Waals surface area contributed by atoms with Crippen molar-refractivity contribution in [3.05, 3.63) is 12.0 Å². The van der Waals surface area contributed by atoms with Crippen molar-refractivity contribution < 1.29 is 9.18 Å². The minimum atomic E-state index is -0.557. The maximum Gasteiger partial charge on any atom is 0.239 e. The van der Waals surface area contributed by atoms with E-state index in [0.717, 1.165) is 6.20 Å². The van der Waals surface area contributed by atoms with Gasteiger partial charge in [0.05, 0.1) is 12.7 Å². The number of nitrogens with zero attached hydrogens (tertiary/aromatic N) is 3. The summed E-state index contributed by atoms with van der Waals surface area (Å²) in [5.41, 5.74) is 0. The van der Waals surface area contributed by atoms with Gasteiger partial charge in [0.15, 0.2) is 11.6 Å². The maximum atomic E-state index is 13.5. The first kappa shape index (κ1) is 13.1. The normalized spacial score (nSPS) is 9.88. The van der Waals surface area contributed by atoms with Crippen LogP contribution in [0.5, 0.6) is 0 Å². The Morgan fingerprint density at radius 1 is 1.59 bits per heavy atom. The Morgan fingerprint density at radius 2 is 2.29 bits per heavy atom. The van der Waals surface area contributed by atoms with Gasteiger partial charge in [-0.25, -0.2) is 9.37 Å².